The maximum absolute atomic E-state index is 13.1. The number of hydrogen-bond acceptors (Lipinski definition) is 2. The Hall–Kier alpha value is -1.52. The van der Waals surface area contributed by atoms with Gasteiger partial charge >= 0.3 is 0 Å². The van der Waals surface area contributed by atoms with Crippen molar-refractivity contribution in [3.8, 4) is 5.75 Å². The van der Waals surface area contributed by atoms with Crippen LogP contribution in [0.25, 0.3) is 10.9 Å². The molecule has 4 nitrogen and oxygen atoms in total. The Morgan fingerprint density at radius 3 is 2.67 bits per heavy atom. The van der Waals surface area contributed by atoms with Gasteiger partial charge in [0.15, 0.2) is 5.43 Å². The van der Waals surface area contributed by atoms with Crippen LogP contribution in [-0.4, -0.2) is 25.2 Å². The number of aryl methyl sites for hydroxylation is 1. The first-order valence-corrected chi connectivity index (χ1v) is 9.11. The highest BCUT2D eigenvalue weighted by molar-refractivity contribution is 6.35. The van der Waals surface area contributed by atoms with Crippen molar-refractivity contribution in [2.45, 2.75) is 51.6 Å². The maximum atomic E-state index is 13.1. The topological polar surface area (TPSA) is 46.5 Å². The molecule has 24 heavy (non-hydrogen) atoms. The predicted octanol–water partition coefficient (Wildman–Crippen LogP) is 2.85. The second-order valence-electron chi connectivity index (χ2n) is 6.92. The van der Waals surface area contributed by atoms with Gasteiger partial charge in [0.25, 0.3) is 0 Å². The van der Waals surface area contributed by atoms with E-state index in [1.54, 1.807) is 19.2 Å². The molecule has 1 atom stereocenters. The highest BCUT2D eigenvalue weighted by Gasteiger charge is 2.24. The van der Waals surface area contributed by atoms with E-state index in [0.717, 1.165) is 17.8 Å². The van der Waals surface area contributed by atoms with Gasteiger partial charge in [-0.15, -0.1) is 0 Å². The fraction of sp³-hybridized carbons (Fsp3) is 0.526. The number of fused-ring (bicyclic) bond motifs is 1. The Balaban J connectivity index is 2.02. The minimum Gasteiger partial charge on any atom is -0.495 e. The standard InChI is InChI=1S/C19H25ClN2O2/c1-12-14(11-22(2)13-7-5-4-6-8-13)19(23)17-15(20)9-10-16(24-3)18(17)21-12/h9-10,13H,4-8,11H2,1-3H3,(H,21,23)/p+1. The van der Waals surface area contributed by atoms with Crippen LogP contribution in [0.15, 0.2) is 16.9 Å². The molecule has 1 fully saturated rings. The van der Waals surface area contributed by atoms with E-state index in [0.29, 0.717) is 27.7 Å². The molecule has 1 heterocycles. The van der Waals surface area contributed by atoms with Gasteiger partial charge in [0.2, 0.25) is 0 Å². The zero-order valence-corrected chi connectivity index (χ0v) is 15.4. The molecule has 0 bridgehead atoms. The third-order valence-corrected chi connectivity index (χ3v) is 5.68. The predicted molar refractivity (Wildman–Crippen MR) is 98.3 cm³/mol. The van der Waals surface area contributed by atoms with Gasteiger partial charge in [0, 0.05) is 5.69 Å². The number of pyridine rings is 1. The van der Waals surface area contributed by atoms with Gasteiger partial charge in [0.1, 0.15) is 12.3 Å². The summed E-state index contributed by atoms with van der Waals surface area (Å²) in [7, 11) is 3.80. The number of rotatable bonds is 4. The number of nitrogens with one attached hydrogen (secondary N) is 2. The van der Waals surface area contributed by atoms with Crippen molar-refractivity contribution in [2.75, 3.05) is 14.2 Å². The third-order valence-electron chi connectivity index (χ3n) is 5.36. The first-order valence-electron chi connectivity index (χ1n) is 8.73. The Labute approximate surface area is 147 Å². The lowest BCUT2D eigenvalue weighted by atomic mass is 9.94. The number of aromatic nitrogens is 1. The Morgan fingerprint density at radius 2 is 2.00 bits per heavy atom. The van der Waals surface area contributed by atoms with E-state index >= 15 is 0 Å². The Bertz CT molecular complexity index is 794. The summed E-state index contributed by atoms with van der Waals surface area (Å²) in [6.45, 7) is 2.69. The lowest BCUT2D eigenvalue weighted by Crippen LogP contribution is -3.12. The normalized spacial score (nSPS) is 17.2. The molecule has 1 aromatic carbocycles. The molecule has 1 saturated carbocycles. The van der Waals surface area contributed by atoms with Gasteiger partial charge in [-0.25, -0.2) is 0 Å². The van der Waals surface area contributed by atoms with E-state index in [4.69, 9.17) is 16.3 Å². The monoisotopic (exact) mass is 349 g/mol. The largest absolute Gasteiger partial charge is 0.495 e. The average molecular weight is 350 g/mol. The summed E-state index contributed by atoms with van der Waals surface area (Å²) in [6.07, 6.45) is 6.46. The van der Waals surface area contributed by atoms with Crippen LogP contribution in [-0.2, 0) is 6.54 Å². The van der Waals surface area contributed by atoms with E-state index < -0.39 is 0 Å². The van der Waals surface area contributed by atoms with Crippen molar-refractivity contribution in [1.29, 1.82) is 0 Å². The van der Waals surface area contributed by atoms with E-state index in [2.05, 4.69) is 12.0 Å². The first kappa shape index (κ1) is 17.3. The first-order chi connectivity index (χ1) is 11.5. The molecule has 0 saturated heterocycles. The molecule has 0 spiro atoms. The smallest absolute Gasteiger partial charge is 0.200 e. The van der Waals surface area contributed by atoms with Crippen molar-refractivity contribution in [1.82, 2.24) is 4.98 Å². The summed E-state index contributed by atoms with van der Waals surface area (Å²) in [6, 6.07) is 4.17. The van der Waals surface area contributed by atoms with Crippen molar-refractivity contribution in [2.24, 2.45) is 0 Å². The van der Waals surface area contributed by atoms with Gasteiger partial charge < -0.3 is 14.6 Å². The molecule has 130 valence electrons. The lowest BCUT2D eigenvalue weighted by molar-refractivity contribution is -0.921. The van der Waals surface area contributed by atoms with Gasteiger partial charge in [-0.05, 0) is 44.7 Å². The fourth-order valence-corrected chi connectivity index (χ4v) is 4.13. The van der Waals surface area contributed by atoms with Crippen LogP contribution in [0.2, 0.25) is 5.02 Å². The number of methoxy groups -OCH3 is 1. The van der Waals surface area contributed by atoms with Crippen LogP contribution in [0.1, 0.15) is 43.4 Å². The number of H-pyrrole nitrogens is 1. The molecule has 0 amide bonds. The molecule has 1 aromatic heterocycles. The molecule has 3 rings (SSSR count). The second-order valence-corrected chi connectivity index (χ2v) is 7.32. The molecule has 5 heteroatoms. The van der Waals surface area contributed by atoms with E-state index in [1.165, 1.54) is 37.0 Å². The highest BCUT2D eigenvalue weighted by Crippen LogP contribution is 2.28. The summed E-state index contributed by atoms with van der Waals surface area (Å²) in [5.74, 6) is 0.647. The van der Waals surface area contributed by atoms with Gasteiger partial charge in [0.05, 0.1) is 41.7 Å². The minimum absolute atomic E-state index is 0.0281. The van der Waals surface area contributed by atoms with Crippen LogP contribution in [0, 0.1) is 6.92 Å². The second kappa shape index (κ2) is 7.16. The van der Waals surface area contributed by atoms with Gasteiger partial charge in [-0.2, -0.15) is 0 Å². The van der Waals surface area contributed by atoms with Crippen LogP contribution in [0.3, 0.4) is 0 Å². The van der Waals surface area contributed by atoms with Crippen LogP contribution in [0.4, 0.5) is 0 Å². The van der Waals surface area contributed by atoms with E-state index in [1.807, 2.05) is 6.92 Å². The Kier molecular flexibility index (Phi) is 5.16. The molecule has 2 N–H and O–H groups in total. The highest BCUT2D eigenvalue weighted by atomic mass is 35.5. The van der Waals surface area contributed by atoms with Crippen LogP contribution >= 0.6 is 11.6 Å². The summed E-state index contributed by atoms with van der Waals surface area (Å²) in [5.41, 5.74) is 2.45. The van der Waals surface area contributed by atoms with E-state index in [-0.39, 0.29) is 5.43 Å². The quantitative estimate of drug-likeness (QED) is 0.891. The fourth-order valence-electron chi connectivity index (χ4n) is 3.89. The van der Waals surface area contributed by atoms with Crippen molar-refractivity contribution < 1.29 is 9.64 Å². The van der Waals surface area contributed by atoms with Gasteiger partial charge in [-0.3, -0.25) is 4.79 Å². The SMILES string of the molecule is COc1ccc(Cl)c2c(=O)c(C[NH+](C)C3CCCCC3)c(C)[nH]c12. The maximum Gasteiger partial charge on any atom is 0.200 e. The Morgan fingerprint density at radius 1 is 1.29 bits per heavy atom. The summed E-state index contributed by atoms with van der Waals surface area (Å²) in [4.78, 5) is 17.8. The zero-order valence-electron chi connectivity index (χ0n) is 14.7. The summed E-state index contributed by atoms with van der Waals surface area (Å²) >= 11 is 6.32. The van der Waals surface area contributed by atoms with Crippen LogP contribution in [0.5, 0.6) is 5.75 Å². The lowest BCUT2D eigenvalue weighted by Gasteiger charge is -2.28. The molecule has 2 aromatic rings. The number of quaternary nitrogens is 1. The number of ether oxygens (including phenoxy) is 1. The van der Waals surface area contributed by atoms with Gasteiger partial charge in [-0.1, -0.05) is 18.0 Å². The summed E-state index contributed by atoms with van der Waals surface area (Å²) < 4.78 is 5.37. The van der Waals surface area contributed by atoms with E-state index in [9.17, 15) is 4.79 Å². The zero-order chi connectivity index (χ0) is 17.3. The number of aromatic amines is 1. The molecule has 1 aliphatic rings. The number of benzene rings is 1. The summed E-state index contributed by atoms with van der Waals surface area (Å²) in [5, 5.41) is 1.01. The number of halogens is 1. The van der Waals surface area contributed by atoms with Crippen molar-refractivity contribution >= 4 is 22.5 Å². The van der Waals surface area contributed by atoms with Crippen molar-refractivity contribution in [3.05, 3.63) is 38.6 Å². The number of hydrogen-bond donors (Lipinski definition) is 2. The van der Waals surface area contributed by atoms with Crippen LogP contribution < -0.4 is 15.1 Å². The molecular formula is C19H26ClN2O2+. The molecular weight excluding hydrogens is 324 g/mol. The minimum atomic E-state index is 0.0281. The molecule has 1 aliphatic carbocycles. The average Bonchev–Trinajstić information content (AvgIpc) is 2.59. The van der Waals surface area contributed by atoms with Crippen molar-refractivity contribution in [3.63, 3.8) is 0 Å². The molecule has 1 unspecified atom stereocenters. The molecule has 0 radical (unpaired) electrons. The third kappa shape index (κ3) is 3.17. The molecule has 0 aliphatic heterocycles.